The van der Waals surface area contributed by atoms with Gasteiger partial charge in [-0.2, -0.15) is 0 Å². The normalized spacial score (nSPS) is 37.1. The summed E-state index contributed by atoms with van der Waals surface area (Å²) < 4.78 is 4.42. The van der Waals surface area contributed by atoms with Crippen LogP contribution < -0.4 is 0 Å². The van der Waals surface area contributed by atoms with Crippen molar-refractivity contribution in [3.05, 3.63) is 0 Å². The van der Waals surface area contributed by atoms with Gasteiger partial charge in [0.25, 0.3) is 5.78 Å². The summed E-state index contributed by atoms with van der Waals surface area (Å²) in [5.41, 5.74) is 0. The van der Waals surface area contributed by atoms with Crippen LogP contribution in [-0.4, -0.2) is 52.0 Å². The molecule has 3 N–H and O–H groups in total. The third-order valence-corrected chi connectivity index (χ3v) is 1.57. The highest BCUT2D eigenvalue weighted by atomic mass is 16.6. The number of carbonyl (C=O) groups is 2. The number of hydrogen-bond donors (Lipinski definition) is 3. The Labute approximate surface area is 67.4 Å². The number of ether oxygens (including phenoxy) is 1. The van der Waals surface area contributed by atoms with Crippen molar-refractivity contribution in [1.29, 1.82) is 0 Å². The lowest BCUT2D eigenvalue weighted by Gasteiger charge is -2.27. The van der Waals surface area contributed by atoms with E-state index in [2.05, 4.69) is 4.74 Å². The molecular weight excluding hydrogens is 168 g/mol. The highest BCUT2D eigenvalue weighted by Gasteiger charge is 2.42. The standard InChI is InChI=1S/C6H8O6/c7-1-2-3(8)4(9)5(10)6(11)12-2/h2-3,6-8,11H,1H2. The van der Waals surface area contributed by atoms with Gasteiger partial charge < -0.3 is 20.1 Å². The molecule has 0 saturated carbocycles. The van der Waals surface area contributed by atoms with Gasteiger partial charge >= 0.3 is 0 Å². The van der Waals surface area contributed by atoms with Crippen LogP contribution in [0.2, 0.25) is 0 Å². The van der Waals surface area contributed by atoms with Crippen LogP contribution in [0, 0.1) is 0 Å². The van der Waals surface area contributed by atoms with Gasteiger partial charge in [0.2, 0.25) is 12.1 Å². The minimum atomic E-state index is -1.86. The predicted molar refractivity (Wildman–Crippen MR) is 34.0 cm³/mol. The monoisotopic (exact) mass is 176 g/mol. The first-order valence-corrected chi connectivity index (χ1v) is 3.28. The molecular formula is C6H8O6. The van der Waals surface area contributed by atoms with E-state index in [1.54, 1.807) is 0 Å². The zero-order valence-corrected chi connectivity index (χ0v) is 6.01. The fraction of sp³-hybridized carbons (Fsp3) is 0.667. The van der Waals surface area contributed by atoms with Crippen molar-refractivity contribution in [3.8, 4) is 0 Å². The molecule has 1 aliphatic heterocycles. The van der Waals surface area contributed by atoms with Gasteiger partial charge in [0.05, 0.1) is 6.61 Å². The molecule has 1 fully saturated rings. The second-order valence-electron chi connectivity index (χ2n) is 2.38. The van der Waals surface area contributed by atoms with Crippen molar-refractivity contribution in [3.63, 3.8) is 0 Å². The van der Waals surface area contributed by atoms with Gasteiger partial charge in [-0.05, 0) is 0 Å². The van der Waals surface area contributed by atoms with Crippen molar-refractivity contribution in [2.24, 2.45) is 0 Å². The summed E-state index contributed by atoms with van der Waals surface area (Å²) >= 11 is 0. The van der Waals surface area contributed by atoms with E-state index >= 15 is 0 Å². The number of Topliss-reactive ketones (excluding diaryl/α,β-unsaturated/α-hetero) is 2. The summed E-state index contributed by atoms with van der Waals surface area (Å²) in [6.07, 6.45) is -4.76. The number of rotatable bonds is 1. The molecule has 0 aromatic heterocycles. The zero-order valence-electron chi connectivity index (χ0n) is 6.01. The van der Waals surface area contributed by atoms with Gasteiger partial charge in [-0.15, -0.1) is 0 Å². The van der Waals surface area contributed by atoms with E-state index in [9.17, 15) is 9.59 Å². The molecule has 1 aliphatic rings. The molecule has 0 aromatic rings. The molecule has 0 aliphatic carbocycles. The van der Waals surface area contributed by atoms with E-state index in [1.165, 1.54) is 0 Å². The van der Waals surface area contributed by atoms with Crippen molar-refractivity contribution < 1.29 is 29.6 Å². The van der Waals surface area contributed by atoms with Gasteiger partial charge in [-0.25, -0.2) is 0 Å². The summed E-state index contributed by atoms with van der Waals surface area (Å²) in [4.78, 5) is 21.4. The fourth-order valence-corrected chi connectivity index (χ4v) is 0.881. The predicted octanol–water partition coefficient (Wildman–Crippen LogP) is -2.81. The minimum Gasteiger partial charge on any atom is -0.394 e. The highest BCUT2D eigenvalue weighted by molar-refractivity contribution is 6.40. The molecule has 6 heteroatoms. The van der Waals surface area contributed by atoms with Crippen LogP contribution in [0.25, 0.3) is 0 Å². The SMILES string of the molecule is O=C1C(=O)C(O)C(CO)OC1O. The van der Waals surface area contributed by atoms with E-state index in [0.717, 1.165) is 0 Å². The van der Waals surface area contributed by atoms with Crippen LogP contribution in [0.1, 0.15) is 0 Å². The molecule has 3 atom stereocenters. The Balaban J connectivity index is 2.77. The van der Waals surface area contributed by atoms with Gasteiger partial charge in [0.15, 0.2) is 0 Å². The minimum absolute atomic E-state index is 0.628. The van der Waals surface area contributed by atoms with Gasteiger partial charge in [0.1, 0.15) is 12.2 Å². The van der Waals surface area contributed by atoms with Crippen molar-refractivity contribution in [2.75, 3.05) is 6.61 Å². The lowest BCUT2D eigenvalue weighted by atomic mass is 10.0. The molecule has 1 saturated heterocycles. The third kappa shape index (κ3) is 1.37. The fourth-order valence-electron chi connectivity index (χ4n) is 0.881. The quantitative estimate of drug-likeness (QED) is 0.373. The molecule has 6 nitrogen and oxygen atoms in total. The van der Waals surface area contributed by atoms with Crippen LogP contribution in [0.3, 0.4) is 0 Å². The first-order chi connectivity index (χ1) is 5.57. The van der Waals surface area contributed by atoms with Crippen LogP contribution >= 0.6 is 0 Å². The first-order valence-electron chi connectivity index (χ1n) is 3.28. The number of aliphatic hydroxyl groups is 3. The topological polar surface area (TPSA) is 104 Å². The first kappa shape index (κ1) is 9.27. The van der Waals surface area contributed by atoms with Gasteiger partial charge in [0, 0.05) is 0 Å². The number of aliphatic hydroxyl groups excluding tert-OH is 3. The van der Waals surface area contributed by atoms with Crippen LogP contribution in [-0.2, 0) is 14.3 Å². The summed E-state index contributed by atoms with van der Waals surface area (Å²) in [6, 6.07) is 0. The second kappa shape index (κ2) is 3.28. The van der Waals surface area contributed by atoms with E-state index in [0.29, 0.717) is 0 Å². The largest absolute Gasteiger partial charge is 0.394 e. The van der Waals surface area contributed by atoms with E-state index < -0.39 is 36.7 Å². The Morgan fingerprint density at radius 2 is 1.83 bits per heavy atom. The molecule has 0 spiro atoms. The highest BCUT2D eigenvalue weighted by Crippen LogP contribution is 2.11. The smallest absolute Gasteiger partial charge is 0.256 e. The molecule has 0 amide bonds. The number of ketones is 2. The third-order valence-electron chi connectivity index (χ3n) is 1.57. The second-order valence-corrected chi connectivity index (χ2v) is 2.38. The Morgan fingerprint density at radius 3 is 2.33 bits per heavy atom. The Kier molecular flexibility index (Phi) is 2.53. The molecule has 3 unspecified atom stereocenters. The number of hydrogen-bond acceptors (Lipinski definition) is 6. The lowest BCUT2D eigenvalue weighted by molar-refractivity contribution is -0.204. The Hall–Kier alpha value is -0.820. The average molecular weight is 176 g/mol. The van der Waals surface area contributed by atoms with E-state index in [1.807, 2.05) is 0 Å². The summed E-state index contributed by atoms with van der Waals surface area (Å²) in [7, 11) is 0. The molecule has 0 radical (unpaired) electrons. The lowest BCUT2D eigenvalue weighted by Crippen LogP contribution is -2.53. The van der Waals surface area contributed by atoms with Crippen molar-refractivity contribution in [2.45, 2.75) is 18.5 Å². The van der Waals surface area contributed by atoms with Crippen LogP contribution in [0.4, 0.5) is 0 Å². The van der Waals surface area contributed by atoms with Crippen LogP contribution in [0.15, 0.2) is 0 Å². The van der Waals surface area contributed by atoms with E-state index in [4.69, 9.17) is 15.3 Å². The van der Waals surface area contributed by atoms with Crippen molar-refractivity contribution >= 4 is 11.6 Å². The maximum absolute atomic E-state index is 10.8. The maximum Gasteiger partial charge on any atom is 0.256 e. The average Bonchev–Trinajstić information content (AvgIpc) is 2.08. The molecule has 1 rings (SSSR count). The van der Waals surface area contributed by atoms with E-state index in [-0.39, 0.29) is 0 Å². The van der Waals surface area contributed by atoms with Crippen LogP contribution in [0.5, 0.6) is 0 Å². The molecule has 12 heavy (non-hydrogen) atoms. The Morgan fingerprint density at radius 1 is 1.25 bits per heavy atom. The van der Waals surface area contributed by atoms with Crippen molar-refractivity contribution in [1.82, 2.24) is 0 Å². The summed E-state index contributed by atoms with van der Waals surface area (Å²) in [6.45, 7) is -0.628. The van der Waals surface area contributed by atoms with Gasteiger partial charge in [-0.3, -0.25) is 9.59 Å². The molecule has 0 bridgehead atoms. The summed E-state index contributed by atoms with van der Waals surface area (Å²) in [5.74, 6) is -2.32. The molecule has 0 aromatic carbocycles. The summed E-state index contributed by atoms with van der Waals surface area (Å²) in [5, 5.41) is 26.2. The molecule has 1 heterocycles. The molecule has 68 valence electrons. The van der Waals surface area contributed by atoms with Gasteiger partial charge in [-0.1, -0.05) is 0 Å². The number of carbonyl (C=O) groups excluding carboxylic acids is 2. The maximum atomic E-state index is 10.8. The Bertz CT molecular complexity index is 212. The zero-order chi connectivity index (χ0) is 9.30.